The van der Waals surface area contributed by atoms with Crippen molar-refractivity contribution in [1.82, 2.24) is 31.4 Å². The van der Waals surface area contributed by atoms with Crippen molar-refractivity contribution in [3.63, 3.8) is 0 Å². The van der Waals surface area contributed by atoms with Crippen LogP contribution in [0.25, 0.3) is 11.3 Å². The van der Waals surface area contributed by atoms with Crippen LogP contribution in [0.3, 0.4) is 0 Å². The molecule has 1 fully saturated rings. The van der Waals surface area contributed by atoms with E-state index in [0.717, 1.165) is 22.4 Å². The van der Waals surface area contributed by atoms with Crippen LogP contribution in [-0.4, -0.2) is 84.1 Å². The van der Waals surface area contributed by atoms with Crippen molar-refractivity contribution in [3.8, 4) is 11.3 Å². The summed E-state index contributed by atoms with van der Waals surface area (Å²) in [5.41, 5.74) is 5.87. The summed E-state index contributed by atoms with van der Waals surface area (Å²) in [7, 11) is 2.53. The monoisotopic (exact) mass is 716 g/mol. The summed E-state index contributed by atoms with van der Waals surface area (Å²) in [5.74, 6) is -1.06. The molecule has 0 spiro atoms. The molecule has 1 aromatic heterocycles. The van der Waals surface area contributed by atoms with Gasteiger partial charge < -0.3 is 30.5 Å². The van der Waals surface area contributed by atoms with E-state index >= 15 is 0 Å². The highest BCUT2D eigenvalue weighted by Gasteiger charge is 2.53. The fourth-order valence-corrected chi connectivity index (χ4v) is 6.43. The van der Waals surface area contributed by atoms with Gasteiger partial charge in [0.25, 0.3) is 5.91 Å². The molecule has 1 aliphatic rings. The van der Waals surface area contributed by atoms with Gasteiger partial charge in [0, 0.05) is 36.8 Å². The standard InChI is InChI=1S/C39H52N6O7/c1-25(2)20-32(42-37(49)51-5)36(48)44-45(23-27-15-17-28(18-16-27)30-14-10-11-19-40-30)24-33(46)31(21-26-12-8-7-9-13-26)41-35(47)29-22-34(39(29,3)4)43-38(50)52-6/h7-19,25,29,31-34,46H,20-24H2,1-6H3,(H,41,47)(H,42,49)(H,43,50)(H,44,48)/t29-,31+,32+,33+,34-/m1/s1. The highest BCUT2D eigenvalue weighted by Crippen LogP contribution is 2.46. The molecule has 4 amide bonds. The zero-order valence-electron chi connectivity index (χ0n) is 30.8. The number of ether oxygens (including phenoxy) is 2. The van der Waals surface area contributed by atoms with E-state index in [1.165, 1.54) is 14.2 Å². The second-order valence-electron chi connectivity index (χ2n) is 14.3. The number of carbonyl (C=O) groups is 4. The van der Waals surface area contributed by atoms with Gasteiger partial charge in [-0.1, -0.05) is 88.4 Å². The summed E-state index contributed by atoms with van der Waals surface area (Å²) in [6.07, 6.45) is 0.402. The second-order valence-corrected chi connectivity index (χ2v) is 14.3. The number of aliphatic hydroxyl groups excluding tert-OH is 1. The van der Waals surface area contributed by atoms with Crippen LogP contribution in [0.15, 0.2) is 79.0 Å². The Hall–Kier alpha value is -5.01. The minimum absolute atomic E-state index is 0.0568. The molecule has 0 bridgehead atoms. The quantitative estimate of drug-likeness (QED) is 0.136. The van der Waals surface area contributed by atoms with Crippen LogP contribution >= 0.6 is 0 Å². The minimum Gasteiger partial charge on any atom is -0.453 e. The molecule has 1 aliphatic carbocycles. The molecule has 3 aromatic rings. The van der Waals surface area contributed by atoms with Crippen molar-refractivity contribution in [2.24, 2.45) is 17.3 Å². The molecule has 5 N–H and O–H groups in total. The van der Waals surface area contributed by atoms with Crippen LogP contribution < -0.4 is 21.4 Å². The van der Waals surface area contributed by atoms with E-state index in [1.807, 2.05) is 100 Å². The first-order valence-corrected chi connectivity index (χ1v) is 17.6. The number of nitrogens with zero attached hydrogens (tertiary/aromatic N) is 2. The Morgan fingerprint density at radius 1 is 0.904 bits per heavy atom. The Balaban J connectivity index is 1.57. The Morgan fingerprint density at radius 2 is 1.58 bits per heavy atom. The summed E-state index contributed by atoms with van der Waals surface area (Å²) < 4.78 is 9.52. The Morgan fingerprint density at radius 3 is 2.17 bits per heavy atom. The van der Waals surface area contributed by atoms with Crippen molar-refractivity contribution in [1.29, 1.82) is 0 Å². The number of nitrogens with one attached hydrogen (secondary N) is 4. The van der Waals surface area contributed by atoms with Crippen LogP contribution in [0, 0.1) is 17.3 Å². The van der Waals surface area contributed by atoms with Crippen LogP contribution in [0.1, 0.15) is 51.7 Å². The lowest BCUT2D eigenvalue weighted by atomic mass is 9.58. The number of aliphatic hydroxyl groups is 1. The normalized spacial score (nSPS) is 17.9. The van der Waals surface area contributed by atoms with Crippen LogP contribution in [0.2, 0.25) is 0 Å². The van der Waals surface area contributed by atoms with E-state index < -0.39 is 47.6 Å². The van der Waals surface area contributed by atoms with Gasteiger partial charge in [-0.05, 0) is 53.9 Å². The lowest BCUT2D eigenvalue weighted by Gasteiger charge is -2.51. The molecule has 0 radical (unpaired) electrons. The predicted molar refractivity (Wildman–Crippen MR) is 196 cm³/mol. The first kappa shape index (κ1) is 39.8. The van der Waals surface area contributed by atoms with Gasteiger partial charge in [-0.3, -0.25) is 20.0 Å². The molecule has 1 saturated carbocycles. The summed E-state index contributed by atoms with van der Waals surface area (Å²) in [6.45, 7) is 7.86. The van der Waals surface area contributed by atoms with Gasteiger partial charge in [0.15, 0.2) is 0 Å². The van der Waals surface area contributed by atoms with E-state index in [2.05, 4.69) is 26.4 Å². The lowest BCUT2D eigenvalue weighted by Crippen LogP contribution is -2.64. The topological polar surface area (TPSA) is 171 Å². The van der Waals surface area contributed by atoms with E-state index in [0.29, 0.717) is 19.3 Å². The number of carbonyl (C=O) groups excluding carboxylic acids is 4. The molecule has 280 valence electrons. The molecule has 1 heterocycles. The highest BCUT2D eigenvalue weighted by atomic mass is 16.5. The summed E-state index contributed by atoms with van der Waals surface area (Å²) in [6, 6.07) is 21.1. The number of hydrogen-bond acceptors (Lipinski definition) is 9. The van der Waals surface area contributed by atoms with E-state index in [-0.39, 0.29) is 31.0 Å². The van der Waals surface area contributed by atoms with Gasteiger partial charge in [0.1, 0.15) is 6.04 Å². The number of amides is 4. The third kappa shape index (κ3) is 11.0. The number of alkyl carbamates (subject to hydrolysis) is 2. The Kier molecular flexibility index (Phi) is 14.1. The molecular weight excluding hydrogens is 664 g/mol. The van der Waals surface area contributed by atoms with Gasteiger partial charge >= 0.3 is 12.2 Å². The Bertz CT molecular complexity index is 1620. The molecule has 0 saturated heterocycles. The van der Waals surface area contributed by atoms with E-state index in [9.17, 15) is 24.3 Å². The molecule has 0 unspecified atom stereocenters. The second kappa shape index (κ2) is 18.5. The van der Waals surface area contributed by atoms with Crippen molar-refractivity contribution in [3.05, 3.63) is 90.1 Å². The number of methoxy groups -OCH3 is 2. The zero-order chi connectivity index (χ0) is 37.8. The highest BCUT2D eigenvalue weighted by molar-refractivity contribution is 5.85. The molecule has 0 aliphatic heterocycles. The smallest absolute Gasteiger partial charge is 0.407 e. The fraction of sp³-hybridized carbons (Fsp3) is 0.462. The fourth-order valence-electron chi connectivity index (χ4n) is 6.43. The summed E-state index contributed by atoms with van der Waals surface area (Å²) >= 11 is 0. The number of hydrogen-bond donors (Lipinski definition) is 5. The van der Waals surface area contributed by atoms with Crippen molar-refractivity contribution in [2.75, 3.05) is 20.8 Å². The maximum atomic E-state index is 13.8. The number of rotatable bonds is 16. The Labute approximate surface area is 305 Å². The van der Waals surface area contributed by atoms with Crippen molar-refractivity contribution >= 4 is 24.0 Å². The number of benzene rings is 2. The maximum Gasteiger partial charge on any atom is 0.407 e. The molecular formula is C39H52N6O7. The van der Waals surface area contributed by atoms with Gasteiger partial charge in [-0.2, -0.15) is 0 Å². The van der Waals surface area contributed by atoms with Crippen LogP contribution in [0.4, 0.5) is 9.59 Å². The molecule has 13 heteroatoms. The average Bonchev–Trinajstić information content (AvgIpc) is 3.13. The third-order valence-electron chi connectivity index (χ3n) is 9.62. The number of hydrazine groups is 1. The lowest BCUT2D eigenvalue weighted by molar-refractivity contribution is -0.139. The van der Waals surface area contributed by atoms with Crippen LogP contribution in [0.5, 0.6) is 0 Å². The molecule has 13 nitrogen and oxygen atoms in total. The largest absolute Gasteiger partial charge is 0.453 e. The van der Waals surface area contributed by atoms with E-state index in [4.69, 9.17) is 9.47 Å². The first-order chi connectivity index (χ1) is 24.8. The van der Waals surface area contributed by atoms with Crippen LogP contribution in [-0.2, 0) is 32.0 Å². The molecule has 52 heavy (non-hydrogen) atoms. The number of aromatic nitrogens is 1. The molecule has 5 atom stereocenters. The predicted octanol–water partition coefficient (Wildman–Crippen LogP) is 4.21. The van der Waals surface area contributed by atoms with Gasteiger partial charge in [0.05, 0.1) is 32.1 Å². The van der Waals surface area contributed by atoms with Gasteiger partial charge in [-0.15, -0.1) is 0 Å². The minimum atomic E-state index is -1.14. The van der Waals surface area contributed by atoms with Gasteiger partial charge in [-0.25, -0.2) is 14.6 Å². The van der Waals surface area contributed by atoms with Crippen molar-refractivity contribution < 1.29 is 33.8 Å². The third-order valence-corrected chi connectivity index (χ3v) is 9.62. The molecule has 2 aromatic carbocycles. The summed E-state index contributed by atoms with van der Waals surface area (Å²) in [4.78, 5) is 55.9. The van der Waals surface area contributed by atoms with Crippen molar-refractivity contribution in [2.45, 2.75) is 77.7 Å². The SMILES string of the molecule is COC(=O)N[C@@H](CC(C)C)C(=O)NN(Cc1ccc(-c2ccccn2)cc1)C[C@H](O)[C@H](Cc1ccccc1)NC(=O)[C@H]1C[C@@H](NC(=O)OC)C1(C)C. The van der Waals surface area contributed by atoms with Gasteiger partial charge in [0.2, 0.25) is 5.91 Å². The average molecular weight is 717 g/mol. The maximum absolute atomic E-state index is 13.8. The summed E-state index contributed by atoms with van der Waals surface area (Å²) in [5, 5.41) is 22.0. The number of pyridine rings is 1. The zero-order valence-corrected chi connectivity index (χ0v) is 30.8. The van der Waals surface area contributed by atoms with E-state index in [1.54, 1.807) is 11.2 Å². The first-order valence-electron chi connectivity index (χ1n) is 17.6. The molecule has 4 rings (SSSR count).